The first kappa shape index (κ1) is 22.7. The largest absolute Gasteiger partial charge is 0.496 e. The SMILES string of the molecule is COc1ccc(C)cc1CCNC(=O)C1CCN(C(=O)CCOc2ccccc2)CC1. The predicted octanol–water partition coefficient (Wildman–Crippen LogP) is 3.37. The Bertz CT molecular complexity index is 861. The number of rotatable bonds is 9. The summed E-state index contributed by atoms with van der Waals surface area (Å²) in [6.45, 7) is 4.23. The molecule has 1 saturated heterocycles. The smallest absolute Gasteiger partial charge is 0.225 e. The van der Waals surface area contributed by atoms with Gasteiger partial charge in [0.15, 0.2) is 0 Å². The van der Waals surface area contributed by atoms with Gasteiger partial charge in [0.1, 0.15) is 11.5 Å². The Morgan fingerprint density at radius 1 is 1.10 bits per heavy atom. The number of carbonyl (C=O) groups excluding carboxylic acids is 2. The van der Waals surface area contributed by atoms with Crippen LogP contribution in [0.25, 0.3) is 0 Å². The summed E-state index contributed by atoms with van der Waals surface area (Å²) >= 11 is 0. The monoisotopic (exact) mass is 424 g/mol. The molecule has 166 valence electrons. The number of carbonyl (C=O) groups is 2. The van der Waals surface area contributed by atoms with E-state index in [0.29, 0.717) is 45.5 Å². The lowest BCUT2D eigenvalue weighted by molar-refractivity contribution is -0.136. The van der Waals surface area contributed by atoms with Gasteiger partial charge in [0.25, 0.3) is 0 Å². The highest BCUT2D eigenvalue weighted by molar-refractivity contribution is 5.80. The number of piperidine rings is 1. The number of benzene rings is 2. The van der Waals surface area contributed by atoms with Gasteiger partial charge >= 0.3 is 0 Å². The summed E-state index contributed by atoms with van der Waals surface area (Å²) in [5.74, 6) is 1.74. The first-order chi connectivity index (χ1) is 15.1. The number of para-hydroxylation sites is 1. The first-order valence-corrected chi connectivity index (χ1v) is 10.9. The highest BCUT2D eigenvalue weighted by Crippen LogP contribution is 2.21. The molecule has 0 saturated carbocycles. The molecule has 0 atom stereocenters. The van der Waals surface area contributed by atoms with Crippen LogP contribution in [0.15, 0.2) is 48.5 Å². The molecule has 0 spiro atoms. The molecule has 1 heterocycles. The maximum absolute atomic E-state index is 12.5. The Hall–Kier alpha value is -3.02. The van der Waals surface area contributed by atoms with Crippen molar-refractivity contribution >= 4 is 11.8 Å². The Labute approximate surface area is 184 Å². The molecule has 6 heteroatoms. The minimum absolute atomic E-state index is 0.0379. The molecule has 0 unspecified atom stereocenters. The Morgan fingerprint density at radius 3 is 2.55 bits per heavy atom. The van der Waals surface area contributed by atoms with Gasteiger partial charge in [-0.1, -0.05) is 35.9 Å². The van der Waals surface area contributed by atoms with Crippen LogP contribution in [0.5, 0.6) is 11.5 Å². The minimum Gasteiger partial charge on any atom is -0.496 e. The van der Waals surface area contributed by atoms with E-state index in [1.54, 1.807) is 7.11 Å². The first-order valence-electron chi connectivity index (χ1n) is 10.9. The summed E-state index contributed by atoms with van der Waals surface area (Å²) in [6, 6.07) is 15.6. The van der Waals surface area contributed by atoms with Crippen LogP contribution in [0.1, 0.15) is 30.4 Å². The molecule has 0 aromatic heterocycles. The van der Waals surface area contributed by atoms with Crippen molar-refractivity contribution in [3.63, 3.8) is 0 Å². The average molecular weight is 425 g/mol. The van der Waals surface area contributed by atoms with Gasteiger partial charge in [-0.3, -0.25) is 9.59 Å². The number of nitrogens with one attached hydrogen (secondary N) is 1. The van der Waals surface area contributed by atoms with E-state index in [1.807, 2.05) is 54.3 Å². The normalized spacial score (nSPS) is 14.2. The number of likely N-dealkylation sites (tertiary alicyclic amines) is 1. The van der Waals surface area contributed by atoms with Gasteiger partial charge in [0.05, 0.1) is 20.1 Å². The van der Waals surface area contributed by atoms with Crippen LogP contribution in [-0.2, 0) is 16.0 Å². The fourth-order valence-electron chi connectivity index (χ4n) is 3.89. The molecule has 1 fully saturated rings. The summed E-state index contributed by atoms with van der Waals surface area (Å²) in [5.41, 5.74) is 2.27. The van der Waals surface area contributed by atoms with Crippen molar-refractivity contribution in [2.75, 3.05) is 33.4 Å². The third kappa shape index (κ3) is 6.74. The van der Waals surface area contributed by atoms with E-state index in [9.17, 15) is 9.59 Å². The quantitative estimate of drug-likeness (QED) is 0.670. The van der Waals surface area contributed by atoms with E-state index < -0.39 is 0 Å². The third-order valence-corrected chi connectivity index (χ3v) is 5.68. The molecule has 6 nitrogen and oxygen atoms in total. The summed E-state index contributed by atoms with van der Waals surface area (Å²) in [6.07, 6.45) is 2.48. The number of hydrogen-bond donors (Lipinski definition) is 1. The molecule has 2 aromatic rings. The van der Waals surface area contributed by atoms with Gasteiger partial charge in [-0.05, 0) is 49.9 Å². The number of hydrogen-bond acceptors (Lipinski definition) is 4. The zero-order valence-corrected chi connectivity index (χ0v) is 18.4. The Morgan fingerprint density at radius 2 is 1.84 bits per heavy atom. The van der Waals surface area contributed by atoms with Crippen molar-refractivity contribution in [1.82, 2.24) is 10.2 Å². The van der Waals surface area contributed by atoms with Gasteiger partial charge in [-0.15, -0.1) is 0 Å². The molecule has 1 N–H and O–H groups in total. The van der Waals surface area contributed by atoms with E-state index in [0.717, 1.165) is 23.5 Å². The molecule has 0 bridgehead atoms. The average Bonchev–Trinajstić information content (AvgIpc) is 2.80. The van der Waals surface area contributed by atoms with Crippen molar-refractivity contribution in [3.8, 4) is 11.5 Å². The zero-order chi connectivity index (χ0) is 22.1. The van der Waals surface area contributed by atoms with Gasteiger partial charge in [0.2, 0.25) is 11.8 Å². The maximum atomic E-state index is 12.5. The minimum atomic E-state index is -0.0379. The van der Waals surface area contributed by atoms with Crippen molar-refractivity contribution < 1.29 is 19.1 Å². The Kier molecular flexibility index (Phi) is 8.33. The predicted molar refractivity (Wildman–Crippen MR) is 120 cm³/mol. The van der Waals surface area contributed by atoms with Crippen LogP contribution < -0.4 is 14.8 Å². The molecule has 2 amide bonds. The maximum Gasteiger partial charge on any atom is 0.225 e. The third-order valence-electron chi connectivity index (χ3n) is 5.68. The van der Waals surface area contributed by atoms with Crippen LogP contribution in [0.2, 0.25) is 0 Å². The van der Waals surface area contributed by atoms with Crippen LogP contribution in [0, 0.1) is 12.8 Å². The topological polar surface area (TPSA) is 67.9 Å². The van der Waals surface area contributed by atoms with Crippen LogP contribution in [0.3, 0.4) is 0 Å². The highest BCUT2D eigenvalue weighted by atomic mass is 16.5. The van der Waals surface area contributed by atoms with E-state index >= 15 is 0 Å². The van der Waals surface area contributed by atoms with Crippen LogP contribution in [0.4, 0.5) is 0 Å². The van der Waals surface area contributed by atoms with E-state index in [4.69, 9.17) is 9.47 Å². The molecule has 0 radical (unpaired) electrons. The van der Waals surface area contributed by atoms with Crippen molar-refractivity contribution in [2.24, 2.45) is 5.92 Å². The Balaban J connectivity index is 1.35. The van der Waals surface area contributed by atoms with Gasteiger partial charge in [0, 0.05) is 25.6 Å². The molecule has 31 heavy (non-hydrogen) atoms. The fourth-order valence-corrected chi connectivity index (χ4v) is 3.89. The molecular weight excluding hydrogens is 392 g/mol. The van der Waals surface area contributed by atoms with Crippen molar-refractivity contribution in [2.45, 2.75) is 32.6 Å². The van der Waals surface area contributed by atoms with Crippen molar-refractivity contribution in [1.29, 1.82) is 0 Å². The molecule has 3 rings (SSSR count). The van der Waals surface area contributed by atoms with Crippen LogP contribution >= 0.6 is 0 Å². The van der Waals surface area contributed by atoms with E-state index in [-0.39, 0.29) is 17.7 Å². The van der Waals surface area contributed by atoms with E-state index in [2.05, 4.69) is 11.4 Å². The molecule has 1 aliphatic heterocycles. The second kappa shape index (κ2) is 11.4. The summed E-state index contributed by atoms with van der Waals surface area (Å²) < 4.78 is 11.0. The summed E-state index contributed by atoms with van der Waals surface area (Å²) in [5, 5.41) is 3.05. The lowest BCUT2D eigenvalue weighted by Crippen LogP contribution is -2.43. The molecule has 2 aromatic carbocycles. The number of methoxy groups -OCH3 is 1. The zero-order valence-electron chi connectivity index (χ0n) is 18.4. The van der Waals surface area contributed by atoms with Gasteiger partial charge < -0.3 is 19.7 Å². The molecule has 0 aliphatic carbocycles. The second-order valence-corrected chi connectivity index (χ2v) is 7.92. The number of nitrogens with zero attached hydrogens (tertiary/aromatic N) is 1. The van der Waals surface area contributed by atoms with Gasteiger partial charge in [-0.25, -0.2) is 0 Å². The number of aryl methyl sites for hydroxylation is 1. The molecule has 1 aliphatic rings. The van der Waals surface area contributed by atoms with Crippen LogP contribution in [-0.4, -0.2) is 50.1 Å². The van der Waals surface area contributed by atoms with E-state index in [1.165, 1.54) is 5.56 Å². The highest BCUT2D eigenvalue weighted by Gasteiger charge is 2.27. The lowest BCUT2D eigenvalue weighted by atomic mass is 9.95. The number of ether oxygens (including phenoxy) is 2. The fraction of sp³-hybridized carbons (Fsp3) is 0.440. The number of amides is 2. The standard InChI is InChI=1S/C25H32N2O4/c1-19-8-9-23(30-2)21(18-19)10-14-26-25(29)20-11-15-27(16-12-20)24(28)13-17-31-22-6-4-3-5-7-22/h3-9,18,20H,10-17H2,1-2H3,(H,26,29). The van der Waals surface area contributed by atoms with Gasteiger partial charge in [-0.2, -0.15) is 0 Å². The lowest BCUT2D eigenvalue weighted by Gasteiger charge is -2.31. The van der Waals surface area contributed by atoms with Crippen molar-refractivity contribution in [3.05, 3.63) is 59.7 Å². The second-order valence-electron chi connectivity index (χ2n) is 7.92. The summed E-state index contributed by atoms with van der Waals surface area (Å²) in [7, 11) is 1.66. The molecular formula is C25H32N2O4. The summed E-state index contributed by atoms with van der Waals surface area (Å²) in [4.78, 5) is 26.8.